The first kappa shape index (κ1) is 15.5. The van der Waals surface area contributed by atoms with Crippen molar-refractivity contribution < 1.29 is 17.6 Å². The number of sulfonamides is 1. The molecular formula is C12H17BrN2O4S. The zero-order chi connectivity index (χ0) is 14.8. The van der Waals surface area contributed by atoms with E-state index in [9.17, 15) is 13.2 Å². The van der Waals surface area contributed by atoms with Crippen molar-refractivity contribution in [2.24, 2.45) is 5.14 Å². The summed E-state index contributed by atoms with van der Waals surface area (Å²) in [7, 11) is -3.90. The predicted octanol–water partition coefficient (Wildman–Crippen LogP) is 2.10. The van der Waals surface area contributed by atoms with Crippen molar-refractivity contribution in [1.29, 1.82) is 0 Å². The Bertz CT molecular complexity index is 589. The topological polar surface area (TPSA) is 93.6 Å². The molecule has 1 aromatic rings. The third-order valence-corrected chi connectivity index (χ3v) is 5.08. The van der Waals surface area contributed by atoms with Crippen LogP contribution < -0.4 is 5.14 Å². The number of carbonyl (C=O) groups excluding carboxylic acids is 1. The fourth-order valence-corrected chi connectivity index (χ4v) is 3.76. The third-order valence-electron chi connectivity index (χ3n) is 3.32. The van der Waals surface area contributed by atoms with Gasteiger partial charge in [-0.15, -0.1) is 0 Å². The fourth-order valence-electron chi connectivity index (χ4n) is 2.26. The SMILES string of the molecule is NS(=O)(=O)c1cc(C(=O)N2CCCCCCC2)oc1Br. The van der Waals surface area contributed by atoms with E-state index in [1.165, 1.54) is 12.5 Å². The van der Waals surface area contributed by atoms with Crippen molar-refractivity contribution in [3.63, 3.8) is 0 Å². The molecule has 0 radical (unpaired) electrons. The molecule has 0 aliphatic carbocycles. The van der Waals surface area contributed by atoms with E-state index in [1.807, 2.05) is 0 Å². The van der Waals surface area contributed by atoms with Gasteiger partial charge in [0.05, 0.1) is 0 Å². The lowest BCUT2D eigenvalue weighted by Crippen LogP contribution is -2.33. The minimum absolute atomic E-state index is 0.00136. The smallest absolute Gasteiger partial charge is 0.289 e. The fraction of sp³-hybridized carbons (Fsp3) is 0.583. The van der Waals surface area contributed by atoms with Crippen LogP contribution in [0.25, 0.3) is 0 Å². The number of furan rings is 1. The third kappa shape index (κ3) is 3.62. The number of primary sulfonamides is 1. The Kier molecular flexibility index (Phi) is 4.87. The lowest BCUT2D eigenvalue weighted by atomic mass is 10.1. The van der Waals surface area contributed by atoms with E-state index in [0.717, 1.165) is 25.7 Å². The summed E-state index contributed by atoms with van der Waals surface area (Å²) < 4.78 is 27.8. The highest BCUT2D eigenvalue weighted by atomic mass is 79.9. The van der Waals surface area contributed by atoms with Crippen LogP contribution >= 0.6 is 15.9 Å². The van der Waals surface area contributed by atoms with Gasteiger partial charge in [0, 0.05) is 19.2 Å². The van der Waals surface area contributed by atoms with Crippen LogP contribution in [-0.4, -0.2) is 32.3 Å². The zero-order valence-corrected chi connectivity index (χ0v) is 13.4. The number of hydrogen-bond donors (Lipinski definition) is 1. The Hall–Kier alpha value is -0.860. The summed E-state index contributed by atoms with van der Waals surface area (Å²) in [4.78, 5) is 13.8. The van der Waals surface area contributed by atoms with Crippen molar-refractivity contribution in [2.45, 2.75) is 37.0 Å². The van der Waals surface area contributed by atoms with Crippen molar-refractivity contribution in [1.82, 2.24) is 4.90 Å². The summed E-state index contributed by atoms with van der Waals surface area (Å²) in [6, 6.07) is 1.18. The summed E-state index contributed by atoms with van der Waals surface area (Å²) in [5.74, 6) is -0.288. The molecular weight excluding hydrogens is 348 g/mol. The van der Waals surface area contributed by atoms with Gasteiger partial charge in [-0.2, -0.15) is 0 Å². The number of halogens is 1. The molecule has 6 nitrogen and oxygen atoms in total. The summed E-state index contributed by atoms with van der Waals surface area (Å²) in [5.41, 5.74) is 0. The molecule has 0 bridgehead atoms. The van der Waals surface area contributed by atoms with Gasteiger partial charge in [0.15, 0.2) is 10.4 Å². The summed E-state index contributed by atoms with van der Waals surface area (Å²) in [6.07, 6.45) is 5.32. The molecule has 0 aromatic carbocycles. The largest absolute Gasteiger partial charge is 0.443 e. The molecule has 2 N–H and O–H groups in total. The molecule has 1 aliphatic rings. The molecule has 2 rings (SSSR count). The molecule has 20 heavy (non-hydrogen) atoms. The lowest BCUT2D eigenvalue weighted by Gasteiger charge is -2.23. The lowest BCUT2D eigenvalue weighted by molar-refractivity contribution is 0.0709. The first-order valence-electron chi connectivity index (χ1n) is 6.51. The van der Waals surface area contributed by atoms with E-state index in [1.54, 1.807) is 4.90 Å². The van der Waals surface area contributed by atoms with Gasteiger partial charge in [-0.25, -0.2) is 13.6 Å². The van der Waals surface area contributed by atoms with Gasteiger partial charge in [0.1, 0.15) is 4.90 Å². The van der Waals surface area contributed by atoms with Gasteiger partial charge in [-0.05, 0) is 28.8 Å². The molecule has 2 heterocycles. The maximum atomic E-state index is 12.3. The standard InChI is InChI=1S/C12H17BrN2O4S/c13-11-10(20(14,17)18)8-9(19-11)12(16)15-6-4-2-1-3-5-7-15/h8H,1-7H2,(H2,14,17,18). The highest BCUT2D eigenvalue weighted by Gasteiger charge is 2.25. The predicted molar refractivity (Wildman–Crippen MR) is 76.8 cm³/mol. The maximum absolute atomic E-state index is 12.3. The number of nitrogens with zero attached hydrogens (tertiary/aromatic N) is 1. The summed E-state index contributed by atoms with van der Waals surface area (Å²) >= 11 is 2.98. The van der Waals surface area contributed by atoms with E-state index in [-0.39, 0.29) is 21.2 Å². The molecule has 0 atom stereocenters. The Labute approximate surface area is 126 Å². The normalized spacial score (nSPS) is 17.6. The zero-order valence-electron chi connectivity index (χ0n) is 11.0. The number of likely N-dealkylation sites (tertiary alicyclic amines) is 1. The van der Waals surface area contributed by atoms with E-state index in [4.69, 9.17) is 9.56 Å². The highest BCUT2D eigenvalue weighted by molar-refractivity contribution is 9.10. The highest BCUT2D eigenvalue weighted by Crippen LogP contribution is 2.26. The molecule has 0 unspecified atom stereocenters. The van der Waals surface area contributed by atoms with Crippen molar-refractivity contribution in [3.8, 4) is 0 Å². The van der Waals surface area contributed by atoms with Crippen molar-refractivity contribution >= 4 is 31.9 Å². The minimum atomic E-state index is -3.90. The van der Waals surface area contributed by atoms with Crippen LogP contribution in [-0.2, 0) is 10.0 Å². The summed E-state index contributed by atoms with van der Waals surface area (Å²) in [5, 5.41) is 5.05. The minimum Gasteiger partial charge on any atom is -0.443 e. The van der Waals surface area contributed by atoms with Crippen LogP contribution in [0.15, 0.2) is 20.0 Å². The van der Waals surface area contributed by atoms with Crippen LogP contribution in [0.5, 0.6) is 0 Å². The summed E-state index contributed by atoms with van der Waals surface area (Å²) in [6.45, 7) is 1.34. The van der Waals surface area contributed by atoms with Gasteiger partial charge in [0.2, 0.25) is 10.0 Å². The van der Waals surface area contributed by atoms with Gasteiger partial charge in [0.25, 0.3) is 5.91 Å². The van der Waals surface area contributed by atoms with Crippen molar-refractivity contribution in [2.75, 3.05) is 13.1 Å². The van der Waals surface area contributed by atoms with Gasteiger partial charge in [-0.1, -0.05) is 19.3 Å². The Morgan fingerprint density at radius 3 is 2.25 bits per heavy atom. The molecule has 1 fully saturated rings. The van der Waals surface area contributed by atoms with Crippen molar-refractivity contribution in [3.05, 3.63) is 16.5 Å². The quantitative estimate of drug-likeness (QED) is 0.869. The number of hydrogen-bond acceptors (Lipinski definition) is 4. The Morgan fingerprint density at radius 2 is 1.75 bits per heavy atom. The van der Waals surface area contributed by atoms with Crippen LogP contribution in [0.3, 0.4) is 0 Å². The van der Waals surface area contributed by atoms with E-state index in [2.05, 4.69) is 15.9 Å². The molecule has 0 saturated carbocycles. The number of carbonyl (C=O) groups is 1. The molecule has 1 amide bonds. The molecule has 112 valence electrons. The average Bonchev–Trinajstić information content (AvgIpc) is 2.70. The number of amides is 1. The Morgan fingerprint density at radius 1 is 1.20 bits per heavy atom. The first-order valence-corrected chi connectivity index (χ1v) is 8.85. The maximum Gasteiger partial charge on any atom is 0.289 e. The van der Waals surface area contributed by atoms with E-state index < -0.39 is 10.0 Å². The molecule has 1 aromatic heterocycles. The van der Waals surface area contributed by atoms with Crippen LogP contribution in [0.1, 0.15) is 42.7 Å². The van der Waals surface area contributed by atoms with Crippen LogP contribution in [0.4, 0.5) is 0 Å². The monoisotopic (exact) mass is 364 g/mol. The number of rotatable bonds is 2. The van der Waals surface area contributed by atoms with Gasteiger partial charge >= 0.3 is 0 Å². The number of nitrogens with two attached hydrogens (primary N) is 1. The molecule has 1 saturated heterocycles. The van der Waals surface area contributed by atoms with Gasteiger partial charge in [-0.3, -0.25) is 4.79 Å². The molecule has 8 heteroatoms. The van der Waals surface area contributed by atoms with Crippen LogP contribution in [0.2, 0.25) is 0 Å². The van der Waals surface area contributed by atoms with Crippen LogP contribution in [0, 0.1) is 0 Å². The second kappa shape index (κ2) is 6.28. The average molecular weight is 365 g/mol. The van der Waals surface area contributed by atoms with E-state index in [0.29, 0.717) is 13.1 Å². The van der Waals surface area contributed by atoms with Gasteiger partial charge < -0.3 is 9.32 Å². The van der Waals surface area contributed by atoms with E-state index >= 15 is 0 Å². The first-order chi connectivity index (χ1) is 9.39. The second-order valence-corrected chi connectivity index (χ2v) is 7.10. The second-order valence-electron chi connectivity index (χ2n) is 4.85. The molecule has 1 aliphatic heterocycles. The molecule has 0 spiro atoms. The Balaban J connectivity index is 2.20.